The zero-order valence-electron chi connectivity index (χ0n) is 8.23. The van der Waals surface area contributed by atoms with E-state index in [-0.39, 0.29) is 12.0 Å². The summed E-state index contributed by atoms with van der Waals surface area (Å²) in [5.74, 6) is -1.39. The van der Waals surface area contributed by atoms with Crippen LogP contribution in [0.5, 0.6) is 0 Å². The van der Waals surface area contributed by atoms with E-state index in [2.05, 4.69) is 0 Å². The van der Waals surface area contributed by atoms with Crippen molar-refractivity contribution in [1.29, 1.82) is 0 Å². The first kappa shape index (κ1) is 11.0. The molecule has 1 rings (SSSR count). The highest BCUT2D eigenvalue weighted by molar-refractivity contribution is 5.93. The van der Waals surface area contributed by atoms with Gasteiger partial charge in [-0.05, 0) is 6.42 Å². The lowest BCUT2D eigenvalue weighted by Gasteiger charge is -2.32. The van der Waals surface area contributed by atoms with Gasteiger partial charge in [0.1, 0.15) is 6.42 Å². The minimum Gasteiger partial charge on any atom is -0.481 e. The fourth-order valence-electron chi connectivity index (χ4n) is 1.43. The first-order valence-corrected chi connectivity index (χ1v) is 4.74. The van der Waals surface area contributed by atoms with Crippen LogP contribution in [-0.4, -0.2) is 47.7 Å². The molecule has 1 fully saturated rings. The Morgan fingerprint density at radius 1 is 1.57 bits per heavy atom. The molecule has 14 heavy (non-hydrogen) atoms. The number of aliphatic carboxylic acids is 1. The number of hydrogen-bond acceptors (Lipinski definition) is 3. The number of carboxylic acid groups (broad SMARTS) is 1. The summed E-state index contributed by atoms with van der Waals surface area (Å²) in [6.45, 7) is 3.50. The lowest BCUT2D eigenvalue weighted by molar-refractivity contribution is -0.147. The summed E-state index contributed by atoms with van der Waals surface area (Å²) in [5, 5.41) is 8.46. The Bertz CT molecular complexity index is 229. The molecule has 0 aromatic rings. The third kappa shape index (κ3) is 2.99. The van der Waals surface area contributed by atoms with E-state index < -0.39 is 12.4 Å². The molecule has 80 valence electrons. The Morgan fingerprint density at radius 3 is 2.86 bits per heavy atom. The number of amides is 1. The molecule has 1 aliphatic rings. The topological polar surface area (TPSA) is 66.8 Å². The largest absolute Gasteiger partial charge is 0.481 e. The number of morpholine rings is 1. The predicted molar refractivity (Wildman–Crippen MR) is 48.9 cm³/mol. The molecule has 1 unspecified atom stereocenters. The SMILES string of the molecule is CCC1CN(C(=O)CC(=O)O)CCO1. The molecule has 1 saturated heterocycles. The van der Waals surface area contributed by atoms with Crippen LogP contribution in [0, 0.1) is 0 Å². The maximum absolute atomic E-state index is 11.4. The maximum atomic E-state index is 11.4. The van der Waals surface area contributed by atoms with E-state index in [0.717, 1.165) is 6.42 Å². The van der Waals surface area contributed by atoms with Gasteiger partial charge in [0.2, 0.25) is 5.91 Å². The number of carboxylic acids is 1. The number of carbonyl (C=O) groups excluding carboxylic acids is 1. The van der Waals surface area contributed by atoms with Crippen LogP contribution in [0.1, 0.15) is 19.8 Å². The summed E-state index contributed by atoms with van der Waals surface area (Å²) in [6, 6.07) is 0. The van der Waals surface area contributed by atoms with Crippen molar-refractivity contribution >= 4 is 11.9 Å². The van der Waals surface area contributed by atoms with Crippen LogP contribution >= 0.6 is 0 Å². The third-order valence-electron chi connectivity index (χ3n) is 2.25. The molecule has 5 heteroatoms. The number of carbonyl (C=O) groups is 2. The minimum absolute atomic E-state index is 0.0569. The van der Waals surface area contributed by atoms with Gasteiger partial charge >= 0.3 is 5.97 Å². The van der Waals surface area contributed by atoms with E-state index >= 15 is 0 Å². The molecule has 0 aromatic carbocycles. The summed E-state index contributed by atoms with van der Waals surface area (Å²) in [5.41, 5.74) is 0. The van der Waals surface area contributed by atoms with Crippen LogP contribution in [0.15, 0.2) is 0 Å². The van der Waals surface area contributed by atoms with E-state index in [1.165, 1.54) is 0 Å². The highest BCUT2D eigenvalue weighted by Crippen LogP contribution is 2.09. The molecule has 0 spiro atoms. The van der Waals surface area contributed by atoms with Crippen molar-refractivity contribution in [2.75, 3.05) is 19.7 Å². The number of hydrogen-bond donors (Lipinski definition) is 1. The van der Waals surface area contributed by atoms with Gasteiger partial charge in [0.05, 0.1) is 12.7 Å². The molecule has 1 atom stereocenters. The van der Waals surface area contributed by atoms with E-state index in [9.17, 15) is 9.59 Å². The quantitative estimate of drug-likeness (QED) is 0.657. The number of rotatable bonds is 3. The van der Waals surface area contributed by atoms with Gasteiger partial charge in [0.15, 0.2) is 0 Å². The second-order valence-electron chi connectivity index (χ2n) is 3.31. The monoisotopic (exact) mass is 201 g/mol. The zero-order chi connectivity index (χ0) is 10.6. The van der Waals surface area contributed by atoms with Crippen molar-refractivity contribution in [2.45, 2.75) is 25.9 Å². The molecular formula is C9H15NO4. The first-order valence-electron chi connectivity index (χ1n) is 4.74. The molecule has 1 amide bonds. The summed E-state index contributed by atoms with van der Waals surface area (Å²) in [7, 11) is 0. The van der Waals surface area contributed by atoms with E-state index in [1.807, 2.05) is 6.92 Å². The average Bonchev–Trinajstić information content (AvgIpc) is 2.17. The van der Waals surface area contributed by atoms with Crippen LogP contribution in [0.25, 0.3) is 0 Å². The van der Waals surface area contributed by atoms with E-state index in [4.69, 9.17) is 9.84 Å². The van der Waals surface area contributed by atoms with Gasteiger partial charge in [-0.15, -0.1) is 0 Å². The summed E-state index contributed by atoms with van der Waals surface area (Å²) < 4.78 is 5.37. The predicted octanol–water partition coefficient (Wildman–Crippen LogP) is 0.0985. The summed E-state index contributed by atoms with van der Waals surface area (Å²) in [4.78, 5) is 23.2. The Kier molecular flexibility index (Phi) is 3.88. The van der Waals surface area contributed by atoms with Crippen molar-refractivity contribution in [1.82, 2.24) is 4.90 Å². The van der Waals surface area contributed by atoms with Crippen molar-refractivity contribution in [3.63, 3.8) is 0 Å². The number of ether oxygens (including phenoxy) is 1. The Balaban J connectivity index is 2.43. The molecule has 1 aliphatic heterocycles. The maximum Gasteiger partial charge on any atom is 0.312 e. The van der Waals surface area contributed by atoms with Gasteiger partial charge in [-0.2, -0.15) is 0 Å². The standard InChI is InChI=1S/C9H15NO4/c1-2-7-6-10(3-4-14-7)8(11)5-9(12)13/h7H,2-6H2,1H3,(H,12,13). The summed E-state index contributed by atoms with van der Waals surface area (Å²) in [6.07, 6.45) is 0.481. The smallest absolute Gasteiger partial charge is 0.312 e. The highest BCUT2D eigenvalue weighted by atomic mass is 16.5. The molecule has 0 aliphatic carbocycles. The Labute approximate surface area is 82.6 Å². The average molecular weight is 201 g/mol. The van der Waals surface area contributed by atoms with Crippen LogP contribution in [0.3, 0.4) is 0 Å². The second-order valence-corrected chi connectivity index (χ2v) is 3.31. The van der Waals surface area contributed by atoms with Crippen LogP contribution in [0.4, 0.5) is 0 Å². The highest BCUT2D eigenvalue weighted by Gasteiger charge is 2.23. The van der Waals surface area contributed by atoms with E-state index in [1.54, 1.807) is 4.90 Å². The Hall–Kier alpha value is -1.10. The third-order valence-corrected chi connectivity index (χ3v) is 2.25. The second kappa shape index (κ2) is 4.95. The van der Waals surface area contributed by atoms with Gasteiger partial charge in [-0.3, -0.25) is 9.59 Å². The molecule has 5 nitrogen and oxygen atoms in total. The van der Waals surface area contributed by atoms with Crippen LogP contribution in [-0.2, 0) is 14.3 Å². The summed E-state index contributed by atoms with van der Waals surface area (Å²) >= 11 is 0. The zero-order valence-corrected chi connectivity index (χ0v) is 8.23. The van der Waals surface area contributed by atoms with Gasteiger partial charge in [-0.1, -0.05) is 6.92 Å². The van der Waals surface area contributed by atoms with E-state index in [0.29, 0.717) is 19.7 Å². The fourth-order valence-corrected chi connectivity index (χ4v) is 1.43. The van der Waals surface area contributed by atoms with Crippen molar-refractivity contribution in [3.8, 4) is 0 Å². The minimum atomic E-state index is -1.07. The molecule has 1 N–H and O–H groups in total. The van der Waals surface area contributed by atoms with Crippen molar-refractivity contribution < 1.29 is 19.4 Å². The Morgan fingerprint density at radius 2 is 2.29 bits per heavy atom. The van der Waals surface area contributed by atoms with Gasteiger partial charge in [-0.25, -0.2) is 0 Å². The molecule has 1 heterocycles. The van der Waals surface area contributed by atoms with Gasteiger partial charge < -0.3 is 14.7 Å². The van der Waals surface area contributed by atoms with Gasteiger partial charge in [0, 0.05) is 13.1 Å². The molecule has 0 saturated carbocycles. The number of nitrogens with zero attached hydrogens (tertiary/aromatic N) is 1. The lowest BCUT2D eigenvalue weighted by Crippen LogP contribution is -2.45. The fraction of sp³-hybridized carbons (Fsp3) is 0.778. The van der Waals surface area contributed by atoms with Crippen LogP contribution in [0.2, 0.25) is 0 Å². The lowest BCUT2D eigenvalue weighted by atomic mass is 10.2. The van der Waals surface area contributed by atoms with Crippen LogP contribution < -0.4 is 0 Å². The molecule has 0 aromatic heterocycles. The molecule has 0 radical (unpaired) electrons. The van der Waals surface area contributed by atoms with Gasteiger partial charge in [0.25, 0.3) is 0 Å². The normalized spacial score (nSPS) is 22.1. The molecular weight excluding hydrogens is 186 g/mol. The first-order chi connectivity index (χ1) is 6.63. The molecule has 0 bridgehead atoms. The van der Waals surface area contributed by atoms with Crippen molar-refractivity contribution in [3.05, 3.63) is 0 Å². The van der Waals surface area contributed by atoms with Crippen molar-refractivity contribution in [2.24, 2.45) is 0 Å².